The lowest BCUT2D eigenvalue weighted by Crippen LogP contribution is -2.37. The maximum Gasteiger partial charge on any atom is 0.323 e. The highest BCUT2D eigenvalue weighted by molar-refractivity contribution is 7.15. The third-order valence-corrected chi connectivity index (χ3v) is 8.83. The van der Waals surface area contributed by atoms with Crippen LogP contribution in [0.25, 0.3) is 5.00 Å². The number of thiophene rings is 2. The van der Waals surface area contributed by atoms with E-state index < -0.39 is 0 Å². The molecule has 0 fully saturated rings. The van der Waals surface area contributed by atoms with Crippen molar-refractivity contribution in [2.24, 2.45) is 0 Å². The molecule has 0 saturated carbocycles. The minimum Gasteiger partial charge on any atom is -0.497 e. The van der Waals surface area contributed by atoms with Crippen LogP contribution in [0.4, 0.5) is 10.5 Å². The molecule has 7 heteroatoms. The van der Waals surface area contributed by atoms with Gasteiger partial charge < -0.3 is 19.5 Å². The van der Waals surface area contributed by atoms with Crippen molar-refractivity contribution in [3.63, 3.8) is 0 Å². The number of methoxy groups -OCH3 is 1. The second-order valence-corrected chi connectivity index (χ2v) is 10.6. The Morgan fingerprint density at radius 2 is 2.00 bits per heavy atom. The Labute approximate surface area is 201 Å². The van der Waals surface area contributed by atoms with E-state index in [4.69, 9.17) is 4.74 Å². The van der Waals surface area contributed by atoms with Crippen molar-refractivity contribution in [3.8, 4) is 10.8 Å². The molecule has 33 heavy (non-hydrogen) atoms. The quantitative estimate of drug-likeness (QED) is 0.362. The Morgan fingerprint density at radius 3 is 2.85 bits per heavy atom. The molecule has 2 aliphatic rings. The number of benzene rings is 1. The summed E-state index contributed by atoms with van der Waals surface area (Å²) in [7, 11) is 1.64. The molecule has 3 aromatic heterocycles. The van der Waals surface area contributed by atoms with Gasteiger partial charge in [-0.3, -0.25) is 0 Å². The van der Waals surface area contributed by atoms with Crippen LogP contribution in [0.5, 0.6) is 5.75 Å². The highest BCUT2D eigenvalue weighted by atomic mass is 32.1. The number of carbonyl (C=O) groups is 1. The van der Waals surface area contributed by atoms with E-state index in [-0.39, 0.29) is 12.1 Å². The van der Waals surface area contributed by atoms with E-state index in [1.165, 1.54) is 38.7 Å². The van der Waals surface area contributed by atoms with E-state index in [2.05, 4.69) is 45.7 Å². The summed E-state index contributed by atoms with van der Waals surface area (Å²) in [5, 5.41) is 6.50. The molecule has 0 bridgehead atoms. The number of hydrogen-bond acceptors (Lipinski definition) is 4. The first-order valence-electron chi connectivity index (χ1n) is 11.3. The Morgan fingerprint density at radius 1 is 1.09 bits per heavy atom. The van der Waals surface area contributed by atoms with E-state index in [1.54, 1.807) is 18.4 Å². The fraction of sp³-hybridized carbons (Fsp3) is 0.269. The maximum absolute atomic E-state index is 13.8. The first kappa shape index (κ1) is 20.6. The summed E-state index contributed by atoms with van der Waals surface area (Å²) in [6, 6.07) is 15.7. The molecule has 1 aliphatic carbocycles. The van der Waals surface area contributed by atoms with E-state index in [0.717, 1.165) is 30.0 Å². The highest BCUT2D eigenvalue weighted by Crippen LogP contribution is 2.44. The van der Waals surface area contributed by atoms with Crippen LogP contribution in [0.2, 0.25) is 0 Å². The van der Waals surface area contributed by atoms with Crippen LogP contribution >= 0.6 is 22.7 Å². The number of amides is 2. The molecule has 0 unspecified atom stereocenters. The van der Waals surface area contributed by atoms with Gasteiger partial charge in [0.25, 0.3) is 0 Å². The number of nitrogens with zero attached hydrogens (tertiary/aromatic N) is 2. The zero-order chi connectivity index (χ0) is 22.4. The minimum absolute atomic E-state index is 0.0991. The molecule has 0 radical (unpaired) electrons. The van der Waals surface area contributed by atoms with Crippen molar-refractivity contribution in [1.82, 2.24) is 9.47 Å². The molecule has 6 rings (SSSR count). The van der Waals surface area contributed by atoms with Gasteiger partial charge in [0.15, 0.2) is 0 Å². The van der Waals surface area contributed by atoms with Gasteiger partial charge in [0.05, 0.1) is 19.3 Å². The average Bonchev–Trinajstić information content (AvgIpc) is 3.58. The third-order valence-electron chi connectivity index (χ3n) is 6.57. The number of carbonyl (C=O) groups excluding carboxylic acids is 1. The largest absolute Gasteiger partial charge is 0.497 e. The SMILES string of the molecule is COc1cccc(NC(=O)N2Cc3c(sc4c3CCCC4)-n3cccc3[C@@H]2c2cccs2)c1. The number of aryl methyl sites for hydroxylation is 1. The summed E-state index contributed by atoms with van der Waals surface area (Å²) in [4.78, 5) is 18.5. The number of nitrogens with one attached hydrogen (secondary N) is 1. The molecule has 4 heterocycles. The molecule has 0 spiro atoms. The number of aromatic nitrogens is 1. The number of ether oxygens (including phenoxy) is 1. The number of anilines is 1. The minimum atomic E-state index is -0.149. The van der Waals surface area contributed by atoms with Crippen LogP contribution in [0.1, 0.15) is 45.5 Å². The van der Waals surface area contributed by atoms with Gasteiger partial charge in [0, 0.05) is 33.3 Å². The molecule has 168 valence electrons. The number of rotatable bonds is 3. The molecule has 1 atom stereocenters. The molecular formula is C26H25N3O2S2. The molecule has 4 aromatic rings. The summed E-state index contributed by atoms with van der Waals surface area (Å²) in [5.41, 5.74) is 4.64. The predicted octanol–water partition coefficient (Wildman–Crippen LogP) is 6.62. The molecular weight excluding hydrogens is 450 g/mol. The summed E-state index contributed by atoms with van der Waals surface area (Å²) in [5.74, 6) is 0.724. The van der Waals surface area contributed by atoms with Crippen molar-refractivity contribution in [3.05, 3.63) is 86.7 Å². The lowest BCUT2D eigenvalue weighted by molar-refractivity contribution is 0.195. The molecule has 0 saturated heterocycles. The normalized spacial score (nSPS) is 17.0. The Hall–Kier alpha value is -3.03. The van der Waals surface area contributed by atoms with Gasteiger partial charge in [0.1, 0.15) is 16.8 Å². The van der Waals surface area contributed by atoms with Crippen molar-refractivity contribution in [1.29, 1.82) is 0 Å². The van der Waals surface area contributed by atoms with E-state index in [1.807, 2.05) is 40.5 Å². The van der Waals surface area contributed by atoms with E-state index in [0.29, 0.717) is 6.54 Å². The zero-order valence-corrected chi connectivity index (χ0v) is 20.0. The fourth-order valence-corrected chi connectivity index (χ4v) is 7.28. The van der Waals surface area contributed by atoms with Crippen molar-refractivity contribution in [2.75, 3.05) is 12.4 Å². The van der Waals surface area contributed by atoms with Gasteiger partial charge in [-0.1, -0.05) is 12.1 Å². The van der Waals surface area contributed by atoms with Gasteiger partial charge >= 0.3 is 6.03 Å². The van der Waals surface area contributed by atoms with Crippen LogP contribution in [0.3, 0.4) is 0 Å². The van der Waals surface area contributed by atoms with Gasteiger partial charge in [-0.2, -0.15) is 0 Å². The molecule has 1 aromatic carbocycles. The van der Waals surface area contributed by atoms with Crippen molar-refractivity contribution >= 4 is 34.4 Å². The number of fused-ring (bicyclic) bond motifs is 5. The van der Waals surface area contributed by atoms with Gasteiger partial charge in [-0.05, 0) is 67.0 Å². The Balaban J connectivity index is 1.47. The summed E-state index contributed by atoms with van der Waals surface area (Å²) in [6.45, 7) is 0.598. The summed E-state index contributed by atoms with van der Waals surface area (Å²) >= 11 is 3.61. The van der Waals surface area contributed by atoms with E-state index in [9.17, 15) is 4.79 Å². The monoisotopic (exact) mass is 475 g/mol. The Kier molecular flexibility index (Phi) is 5.23. The smallest absolute Gasteiger partial charge is 0.323 e. The second-order valence-electron chi connectivity index (χ2n) is 8.51. The van der Waals surface area contributed by atoms with Gasteiger partial charge in [-0.15, -0.1) is 22.7 Å². The van der Waals surface area contributed by atoms with Gasteiger partial charge in [0.2, 0.25) is 0 Å². The number of urea groups is 1. The average molecular weight is 476 g/mol. The Bertz CT molecular complexity index is 1310. The first-order chi connectivity index (χ1) is 16.2. The van der Waals surface area contributed by atoms with Crippen molar-refractivity contribution in [2.45, 2.75) is 38.3 Å². The molecule has 1 N–H and O–H groups in total. The predicted molar refractivity (Wildman–Crippen MR) is 134 cm³/mol. The summed E-state index contributed by atoms with van der Waals surface area (Å²) < 4.78 is 7.67. The van der Waals surface area contributed by atoms with Crippen LogP contribution < -0.4 is 10.1 Å². The third kappa shape index (κ3) is 3.56. The van der Waals surface area contributed by atoms with Crippen LogP contribution in [-0.2, 0) is 19.4 Å². The molecule has 5 nitrogen and oxygen atoms in total. The summed E-state index contributed by atoms with van der Waals surface area (Å²) in [6.07, 6.45) is 6.88. The maximum atomic E-state index is 13.8. The van der Waals surface area contributed by atoms with Gasteiger partial charge in [-0.25, -0.2) is 4.79 Å². The standard InChI is InChI=1S/C26H25N3O2S2/c1-31-18-8-4-7-17(15-18)27-26(30)29-16-20-19-9-2-3-11-22(19)33-25(20)28-13-5-10-21(28)24(29)23-12-6-14-32-23/h4-8,10,12-15,24H,2-3,9,11,16H2,1H3,(H,27,30)/t24-/m1/s1. The fourth-order valence-electron chi connectivity index (χ4n) is 5.03. The van der Waals surface area contributed by atoms with Crippen molar-refractivity contribution < 1.29 is 9.53 Å². The van der Waals surface area contributed by atoms with E-state index >= 15 is 0 Å². The zero-order valence-electron chi connectivity index (χ0n) is 18.4. The lowest BCUT2D eigenvalue weighted by Gasteiger charge is -2.30. The topological polar surface area (TPSA) is 46.5 Å². The van der Waals surface area contributed by atoms with Crippen LogP contribution in [-0.4, -0.2) is 22.6 Å². The molecule has 2 amide bonds. The first-order valence-corrected chi connectivity index (χ1v) is 13.0. The highest BCUT2D eigenvalue weighted by Gasteiger charge is 2.36. The lowest BCUT2D eigenvalue weighted by atomic mass is 9.95. The number of hydrogen-bond donors (Lipinski definition) is 1. The molecule has 1 aliphatic heterocycles. The van der Waals surface area contributed by atoms with Crippen LogP contribution in [0.15, 0.2) is 60.1 Å². The second kappa shape index (κ2) is 8.39. The van der Waals surface area contributed by atoms with Crippen LogP contribution in [0, 0.1) is 0 Å².